The van der Waals surface area contributed by atoms with Gasteiger partial charge in [0.1, 0.15) is 0 Å². The van der Waals surface area contributed by atoms with Gasteiger partial charge in [-0.15, -0.1) is 0 Å². The number of benzene rings is 3. The Morgan fingerprint density at radius 3 is 1.83 bits per heavy atom. The van der Waals surface area contributed by atoms with Gasteiger partial charge in [-0.25, -0.2) is 0 Å². The maximum absolute atomic E-state index is 2.40. The van der Waals surface area contributed by atoms with Crippen LogP contribution in [0, 0.1) is 0 Å². The molecule has 0 saturated heterocycles. The van der Waals surface area contributed by atoms with Crippen LogP contribution in [0.4, 0.5) is 0 Å². The molecule has 0 aliphatic heterocycles. The van der Waals surface area contributed by atoms with E-state index in [-0.39, 0.29) is 24.8 Å². The smallest absolute Gasteiger partial charge is 1.00 e. The number of halogens is 2. The van der Waals surface area contributed by atoms with E-state index < -0.39 is 21.3 Å². The van der Waals surface area contributed by atoms with Crippen LogP contribution in [0.15, 0.2) is 94.3 Å². The van der Waals surface area contributed by atoms with Crippen LogP contribution in [0.3, 0.4) is 0 Å². The van der Waals surface area contributed by atoms with Gasteiger partial charge in [0.25, 0.3) is 0 Å². The van der Waals surface area contributed by atoms with Crippen molar-refractivity contribution in [2.45, 2.75) is 23.9 Å². The molecule has 3 aromatic rings. The first-order valence-corrected chi connectivity index (χ1v) is 13.9. The molecule has 0 heterocycles. The molecule has 150 valence electrons. The fourth-order valence-corrected chi connectivity index (χ4v) is 13.5. The maximum atomic E-state index is 2.40. The van der Waals surface area contributed by atoms with Gasteiger partial charge in [-0.05, 0) is 0 Å². The number of rotatable bonds is 3. The van der Waals surface area contributed by atoms with Gasteiger partial charge in [-0.1, -0.05) is 0 Å². The van der Waals surface area contributed by atoms with Crippen LogP contribution >= 0.6 is 0 Å². The van der Waals surface area contributed by atoms with Gasteiger partial charge >= 0.3 is 176 Å². The molecule has 2 aliphatic carbocycles. The SMILES string of the molecule is C[C](C)=[Zr+2]([C]1=C(c2ccccc2)C=CC1)[CH]1c2ccccc2-c2ccccc21.[Cl-].[Cl-]. The van der Waals surface area contributed by atoms with Gasteiger partial charge in [0.05, 0.1) is 0 Å². The van der Waals surface area contributed by atoms with E-state index in [0.29, 0.717) is 3.63 Å². The van der Waals surface area contributed by atoms with E-state index in [1.54, 1.807) is 17.6 Å². The molecule has 30 heavy (non-hydrogen) atoms. The predicted molar refractivity (Wildman–Crippen MR) is 117 cm³/mol. The molecular weight excluding hydrogens is 486 g/mol. The van der Waals surface area contributed by atoms with E-state index in [2.05, 4.69) is 105 Å². The fourth-order valence-electron chi connectivity index (χ4n) is 4.88. The molecule has 3 heteroatoms. The maximum Gasteiger partial charge on any atom is -1.00 e. The molecule has 0 bridgehead atoms. The zero-order chi connectivity index (χ0) is 19.1. The molecule has 0 nitrogen and oxygen atoms in total. The van der Waals surface area contributed by atoms with Crippen molar-refractivity contribution in [3.05, 3.63) is 111 Å². The molecule has 0 atom stereocenters. The number of hydrogen-bond acceptors (Lipinski definition) is 0. The second-order valence-electron chi connectivity index (χ2n) is 7.89. The topological polar surface area (TPSA) is 0 Å². The third-order valence-electron chi connectivity index (χ3n) is 6.00. The third kappa shape index (κ3) is 3.89. The first-order valence-electron chi connectivity index (χ1n) is 10.1. The van der Waals surface area contributed by atoms with E-state index in [1.807, 2.05) is 0 Å². The molecule has 0 spiro atoms. The molecule has 0 aromatic heterocycles. The molecule has 0 fully saturated rings. The van der Waals surface area contributed by atoms with Crippen molar-refractivity contribution in [2.24, 2.45) is 0 Å². The Balaban J connectivity index is 0.00000128. The summed E-state index contributed by atoms with van der Waals surface area (Å²) in [5.41, 5.74) is 8.91. The number of hydrogen-bond donors (Lipinski definition) is 0. The van der Waals surface area contributed by atoms with E-state index in [4.69, 9.17) is 0 Å². The first kappa shape index (κ1) is 23.1. The van der Waals surface area contributed by atoms with Gasteiger partial charge < -0.3 is 24.8 Å². The molecule has 0 amide bonds. The number of allylic oxidation sites excluding steroid dienone is 4. The van der Waals surface area contributed by atoms with Crippen molar-refractivity contribution < 1.29 is 46.1 Å². The summed E-state index contributed by atoms with van der Waals surface area (Å²) in [6, 6.07) is 29.2. The largest absolute Gasteiger partial charge is 1.00 e. The third-order valence-corrected chi connectivity index (χ3v) is 14.4. The van der Waals surface area contributed by atoms with Crippen LogP contribution in [0.2, 0.25) is 0 Å². The summed E-state index contributed by atoms with van der Waals surface area (Å²) < 4.78 is 4.03. The Morgan fingerprint density at radius 2 is 1.27 bits per heavy atom. The van der Waals surface area contributed by atoms with E-state index in [1.165, 1.54) is 22.3 Å². The van der Waals surface area contributed by atoms with Crippen molar-refractivity contribution in [3.63, 3.8) is 0 Å². The van der Waals surface area contributed by atoms with Crippen LogP contribution in [0.25, 0.3) is 16.7 Å². The van der Waals surface area contributed by atoms with Gasteiger partial charge in [0.15, 0.2) is 0 Å². The molecule has 0 unspecified atom stereocenters. The van der Waals surface area contributed by atoms with Crippen molar-refractivity contribution in [1.29, 1.82) is 0 Å². The second-order valence-corrected chi connectivity index (χ2v) is 15.3. The number of fused-ring (bicyclic) bond motifs is 3. The Labute approximate surface area is 199 Å². The van der Waals surface area contributed by atoms with Gasteiger partial charge in [-0.3, -0.25) is 0 Å². The normalized spacial score (nSPS) is 13.6. The Kier molecular flexibility index (Phi) is 7.51. The van der Waals surface area contributed by atoms with Gasteiger partial charge in [0, 0.05) is 0 Å². The predicted octanol–water partition coefficient (Wildman–Crippen LogP) is 0.966. The average Bonchev–Trinajstić information content (AvgIpc) is 3.33. The van der Waals surface area contributed by atoms with E-state index in [0.717, 1.165) is 6.42 Å². The molecular formula is C27H24Cl2Zr. The summed E-state index contributed by atoms with van der Waals surface area (Å²) in [5.74, 6) is 0. The van der Waals surface area contributed by atoms with Crippen LogP contribution < -0.4 is 24.8 Å². The summed E-state index contributed by atoms with van der Waals surface area (Å²) >= 11 is -2.13. The van der Waals surface area contributed by atoms with E-state index >= 15 is 0 Å². The minimum absolute atomic E-state index is 0. The summed E-state index contributed by atoms with van der Waals surface area (Å²) in [7, 11) is 0. The Hall–Kier alpha value is -1.53. The van der Waals surface area contributed by atoms with Crippen LogP contribution in [0.5, 0.6) is 0 Å². The second kappa shape index (κ2) is 9.73. The first-order chi connectivity index (χ1) is 13.8. The summed E-state index contributed by atoms with van der Waals surface area (Å²) in [4.78, 5) is 0. The molecule has 5 rings (SSSR count). The quantitative estimate of drug-likeness (QED) is 0.493. The summed E-state index contributed by atoms with van der Waals surface area (Å²) in [6.07, 6.45) is 5.89. The van der Waals surface area contributed by atoms with Crippen molar-refractivity contribution in [1.82, 2.24) is 0 Å². The monoisotopic (exact) mass is 508 g/mol. The summed E-state index contributed by atoms with van der Waals surface area (Å²) in [5, 5.41) is 0. The van der Waals surface area contributed by atoms with Crippen LogP contribution in [-0.2, 0) is 21.3 Å². The van der Waals surface area contributed by atoms with Crippen LogP contribution in [0.1, 0.15) is 40.6 Å². The summed E-state index contributed by atoms with van der Waals surface area (Å²) in [6.45, 7) is 4.79. The van der Waals surface area contributed by atoms with Crippen molar-refractivity contribution >= 4 is 8.78 Å². The van der Waals surface area contributed by atoms with E-state index in [9.17, 15) is 0 Å². The zero-order valence-electron chi connectivity index (χ0n) is 17.2. The molecule has 2 aliphatic rings. The fraction of sp³-hybridized carbons (Fsp3) is 0.148. The molecule has 0 N–H and O–H groups in total. The molecule has 0 radical (unpaired) electrons. The minimum Gasteiger partial charge on any atom is -1.00 e. The molecule has 3 aromatic carbocycles. The van der Waals surface area contributed by atoms with Crippen LogP contribution in [-0.4, -0.2) is 3.21 Å². The Bertz CT molecular complexity index is 1110. The standard InChI is InChI=1S/C13H9.C11H9.C3H6.2ClH.Zr/c1-3-7-12-10(5-1)9-11-6-2-4-8-13(11)12;1-2-6-10(7-3-1)11-8-4-5-9-11;1-3-2;;;/h1-9H;1-4,6-8H,5H2;1-2H3;2*1H;/q;;;;;+2/p-2. The van der Waals surface area contributed by atoms with Gasteiger partial charge in [0.2, 0.25) is 0 Å². The average molecular weight is 511 g/mol. The Morgan fingerprint density at radius 1 is 0.733 bits per heavy atom. The molecule has 0 saturated carbocycles. The van der Waals surface area contributed by atoms with Crippen molar-refractivity contribution in [3.8, 4) is 11.1 Å². The minimum atomic E-state index is -2.13. The van der Waals surface area contributed by atoms with Crippen molar-refractivity contribution in [2.75, 3.05) is 0 Å². The van der Waals surface area contributed by atoms with Gasteiger partial charge in [-0.2, -0.15) is 0 Å². The zero-order valence-corrected chi connectivity index (χ0v) is 21.2.